The minimum Gasteiger partial charge on any atom is -0.339 e. The minimum absolute atomic E-state index is 0.0509. The number of pyridine rings is 1. The number of amides is 1. The van der Waals surface area contributed by atoms with Gasteiger partial charge in [-0.1, -0.05) is 11.6 Å². The molecule has 5 rings (SSSR count). The van der Waals surface area contributed by atoms with Gasteiger partial charge in [0.25, 0.3) is 0 Å². The molecule has 1 amide bonds. The maximum atomic E-state index is 12.7. The zero-order valence-corrected chi connectivity index (χ0v) is 25.9. The number of aldehydes is 1. The molecule has 2 aliphatic rings. The quantitative estimate of drug-likeness (QED) is 0.141. The number of fused-ring (bicyclic) bond motifs is 6. The molecule has 1 aromatic carbocycles. The number of carbonyl (C=O) groups is 4. The second-order valence-electron chi connectivity index (χ2n) is 10.5. The highest BCUT2D eigenvalue weighted by molar-refractivity contribution is 6.41. The molecule has 50 heavy (non-hydrogen) atoms. The molecular weight excluding hydrogens is 717 g/mol. The Balaban J connectivity index is 0.000000312. The van der Waals surface area contributed by atoms with Crippen LogP contribution in [0, 0.1) is 5.92 Å². The Labute approximate surface area is 281 Å². The maximum absolute atomic E-state index is 12.7. The number of ketones is 2. The summed E-state index contributed by atoms with van der Waals surface area (Å²) in [5.74, 6) is -5.43. The molecule has 1 atom stereocenters. The third kappa shape index (κ3) is 12.6. The average molecular weight is 742 g/mol. The van der Waals surface area contributed by atoms with Crippen LogP contribution in [0.3, 0.4) is 0 Å². The van der Waals surface area contributed by atoms with Crippen LogP contribution in [0.2, 0.25) is 5.02 Å². The van der Waals surface area contributed by atoms with Crippen LogP contribution in [0.4, 0.5) is 68.3 Å². The lowest BCUT2D eigenvalue weighted by atomic mass is 10.0. The molecule has 4 N–H and O–H groups in total. The minimum atomic E-state index is -5.77. The van der Waals surface area contributed by atoms with Gasteiger partial charge >= 0.3 is 30.1 Å². The normalized spacial score (nSPS) is 15.4. The molecule has 1 saturated heterocycles. The first kappa shape index (κ1) is 39.6. The average Bonchev–Trinajstić information content (AvgIpc) is 3.54. The van der Waals surface area contributed by atoms with Gasteiger partial charge in [-0.2, -0.15) is 44.5 Å². The van der Waals surface area contributed by atoms with Crippen molar-refractivity contribution in [1.29, 1.82) is 0 Å². The number of Topliss-reactive ketones (excluding diaryl/α,β-unsaturated/α-hetero) is 2. The number of carbonyl (C=O) groups excluding carboxylic acids is 4. The highest BCUT2D eigenvalue weighted by Crippen LogP contribution is 2.30. The van der Waals surface area contributed by atoms with Gasteiger partial charge in [-0.05, 0) is 73.7 Å². The first-order valence-corrected chi connectivity index (χ1v) is 14.5. The van der Waals surface area contributed by atoms with Crippen molar-refractivity contribution in [3.05, 3.63) is 59.0 Å². The van der Waals surface area contributed by atoms with Gasteiger partial charge in [-0.3, -0.25) is 24.2 Å². The van der Waals surface area contributed by atoms with Gasteiger partial charge in [0.1, 0.15) is 5.02 Å². The van der Waals surface area contributed by atoms with E-state index in [-0.39, 0.29) is 5.91 Å². The number of rotatable bonds is 4. The summed E-state index contributed by atoms with van der Waals surface area (Å²) < 4.78 is 98.2. The number of alkyl halides is 9. The van der Waals surface area contributed by atoms with Crippen molar-refractivity contribution in [2.24, 2.45) is 5.92 Å². The molecule has 1 fully saturated rings. The number of aromatic nitrogens is 3. The van der Waals surface area contributed by atoms with E-state index in [0.717, 1.165) is 60.5 Å². The van der Waals surface area contributed by atoms with Crippen LogP contribution >= 0.6 is 11.6 Å². The van der Waals surface area contributed by atoms with Gasteiger partial charge in [0.2, 0.25) is 18.1 Å². The number of nitrogens with zero attached hydrogens (tertiary/aromatic N) is 3. The fourth-order valence-corrected chi connectivity index (χ4v) is 4.50. The Morgan fingerprint density at radius 2 is 1.56 bits per heavy atom. The van der Waals surface area contributed by atoms with E-state index in [1.54, 1.807) is 12.4 Å². The van der Waals surface area contributed by atoms with E-state index in [4.69, 9.17) is 16.4 Å². The van der Waals surface area contributed by atoms with E-state index in [1.807, 2.05) is 30.5 Å². The molecule has 0 spiro atoms. The Bertz CT molecular complexity index is 1670. The van der Waals surface area contributed by atoms with Crippen LogP contribution in [0.25, 0.3) is 0 Å². The molecule has 3 aromatic rings. The Morgan fingerprint density at radius 3 is 2.14 bits per heavy atom. The lowest BCUT2D eigenvalue weighted by Gasteiger charge is -2.15. The summed E-state index contributed by atoms with van der Waals surface area (Å²) in [6, 6.07) is 7.92. The fourth-order valence-electron chi connectivity index (χ4n) is 4.36. The molecule has 6 bridgehead atoms. The maximum Gasteiger partial charge on any atom is 0.458 e. The van der Waals surface area contributed by atoms with Gasteiger partial charge in [0, 0.05) is 24.0 Å². The summed E-state index contributed by atoms with van der Waals surface area (Å²) in [6.45, 7) is 1.89. The molecule has 0 saturated carbocycles. The number of nitrogens with one attached hydrogen (secondary N) is 4. The van der Waals surface area contributed by atoms with Crippen molar-refractivity contribution in [3.63, 3.8) is 0 Å². The van der Waals surface area contributed by atoms with Gasteiger partial charge in [0.15, 0.2) is 5.82 Å². The molecule has 21 heteroatoms. The predicted molar refractivity (Wildman–Crippen MR) is 160 cm³/mol. The van der Waals surface area contributed by atoms with Crippen LogP contribution in [-0.4, -0.2) is 70.3 Å². The molecule has 2 aromatic heterocycles. The number of anilines is 5. The Morgan fingerprint density at radius 1 is 0.900 bits per heavy atom. The van der Waals surface area contributed by atoms with Gasteiger partial charge in [-0.25, -0.2) is 4.98 Å². The first-order valence-electron chi connectivity index (χ1n) is 14.1. The summed E-state index contributed by atoms with van der Waals surface area (Å²) in [6.07, 6.45) is -9.00. The highest BCUT2D eigenvalue weighted by atomic mass is 35.5. The number of hydrogen-bond donors (Lipinski definition) is 4. The van der Waals surface area contributed by atoms with E-state index in [0.29, 0.717) is 29.1 Å². The summed E-state index contributed by atoms with van der Waals surface area (Å²) in [7, 11) is 0. The second-order valence-corrected chi connectivity index (χ2v) is 10.9. The smallest absolute Gasteiger partial charge is 0.339 e. The van der Waals surface area contributed by atoms with Crippen LogP contribution in [0.5, 0.6) is 0 Å². The molecule has 11 nitrogen and oxygen atoms in total. The van der Waals surface area contributed by atoms with Crippen molar-refractivity contribution in [3.8, 4) is 0 Å². The first-order chi connectivity index (χ1) is 23.2. The Hall–Kier alpha value is -4.85. The molecule has 4 heterocycles. The van der Waals surface area contributed by atoms with Crippen molar-refractivity contribution < 1.29 is 58.7 Å². The third-order valence-electron chi connectivity index (χ3n) is 6.61. The van der Waals surface area contributed by atoms with Gasteiger partial charge < -0.3 is 21.3 Å². The van der Waals surface area contributed by atoms with Crippen molar-refractivity contribution in [1.82, 2.24) is 20.3 Å². The zero-order chi connectivity index (χ0) is 37.3. The molecule has 270 valence electrons. The summed E-state index contributed by atoms with van der Waals surface area (Å²) in [4.78, 5) is 53.7. The molecule has 0 radical (unpaired) electrons. The van der Waals surface area contributed by atoms with Gasteiger partial charge in [0.05, 0.1) is 18.1 Å². The molecular formula is C29H25ClF9N7O4. The summed E-state index contributed by atoms with van der Waals surface area (Å²) in [5, 5.41) is 13.3. The largest absolute Gasteiger partial charge is 0.458 e. The SMILES string of the molecule is O=C(C(=O)C(F)(F)F)C(F)(F)F.O=C(CC1CCNC1)Nc1ccc2cc1CCc1cncc(c1)Nc1ncc(Cl)c(n1)N2.O=CC(F)(F)F. The van der Waals surface area contributed by atoms with E-state index in [2.05, 4.69) is 36.2 Å². The van der Waals surface area contributed by atoms with Crippen LogP contribution < -0.4 is 21.3 Å². The predicted octanol–water partition coefficient (Wildman–Crippen LogP) is 6.05. The number of benzene rings is 1. The van der Waals surface area contributed by atoms with E-state index >= 15 is 0 Å². The third-order valence-corrected chi connectivity index (χ3v) is 6.89. The zero-order valence-electron chi connectivity index (χ0n) is 25.2. The molecule has 1 unspecified atom stereocenters. The monoisotopic (exact) mass is 741 g/mol. The van der Waals surface area contributed by atoms with Crippen molar-refractivity contribution >= 4 is 64.2 Å². The van der Waals surface area contributed by atoms with E-state index in [1.165, 1.54) is 0 Å². The van der Waals surface area contributed by atoms with E-state index in [9.17, 15) is 53.9 Å². The van der Waals surface area contributed by atoms with Crippen molar-refractivity contribution in [2.75, 3.05) is 29.0 Å². The highest BCUT2D eigenvalue weighted by Gasteiger charge is 2.54. The van der Waals surface area contributed by atoms with Gasteiger partial charge in [-0.15, -0.1) is 0 Å². The standard InChI is InChI=1S/C23H24ClN7O.C4F6O2.C2HF3O/c24-19-13-27-23-29-18-7-14(11-26-12-18)1-2-16-9-17(28-22(19)31-23)3-4-20(16)30-21(32)8-15-5-6-25-10-15;5-3(6,7)1(11)2(12)4(8,9)10;3-2(4,5)1-6/h3-4,7,9,11-13,15,25H,1-2,5-6,8,10H2,(H,30,32)(H2,27,28,29,31);;1H. The van der Waals surface area contributed by atoms with Crippen molar-refractivity contribution in [2.45, 2.75) is 44.2 Å². The lowest BCUT2D eigenvalue weighted by molar-refractivity contribution is -0.193. The van der Waals surface area contributed by atoms with E-state index < -0.39 is 36.4 Å². The molecule has 0 aliphatic carbocycles. The van der Waals surface area contributed by atoms with Crippen LogP contribution in [0.1, 0.15) is 24.0 Å². The summed E-state index contributed by atoms with van der Waals surface area (Å²) in [5.41, 5.74) is 4.60. The van der Waals surface area contributed by atoms with Crippen LogP contribution in [0.15, 0.2) is 42.9 Å². The summed E-state index contributed by atoms with van der Waals surface area (Å²) >= 11 is 6.32. The number of aryl methyl sites for hydroxylation is 2. The lowest BCUT2D eigenvalue weighted by Crippen LogP contribution is -2.39. The number of hydrogen-bond acceptors (Lipinski definition) is 10. The molecule has 2 aliphatic heterocycles. The topological polar surface area (TPSA) is 155 Å². The fraction of sp³-hybridized carbons (Fsp3) is 0.345. The Kier molecular flexibility index (Phi) is 13.2. The number of halogens is 10. The second kappa shape index (κ2) is 16.7. The van der Waals surface area contributed by atoms with Crippen LogP contribution in [-0.2, 0) is 32.0 Å².